The third-order valence-electron chi connectivity index (χ3n) is 4.74. The van der Waals surface area contributed by atoms with E-state index < -0.39 is 0 Å². The van der Waals surface area contributed by atoms with Crippen LogP contribution in [0.1, 0.15) is 36.8 Å². The molecule has 1 aromatic carbocycles. The number of hydrogen-bond acceptors (Lipinski definition) is 2. The van der Waals surface area contributed by atoms with E-state index in [0.29, 0.717) is 5.92 Å². The van der Waals surface area contributed by atoms with Gasteiger partial charge in [-0.15, -0.1) is 0 Å². The monoisotopic (exact) mass is 339 g/mol. The molecule has 1 N–H and O–H groups in total. The fourth-order valence-corrected chi connectivity index (χ4v) is 3.44. The second kappa shape index (κ2) is 8.70. The van der Waals surface area contributed by atoms with Crippen molar-refractivity contribution < 1.29 is 0 Å². The number of aromatic nitrogens is 2. The molecule has 0 radical (unpaired) electrons. The third-order valence-corrected chi connectivity index (χ3v) is 4.74. The Hall–Kier alpha value is -2.30. The smallest absolute Gasteiger partial charge is 0.193 e. The van der Waals surface area contributed by atoms with Crippen molar-refractivity contribution in [2.45, 2.75) is 32.1 Å². The molecule has 0 amide bonds. The molecule has 3 rings (SSSR count). The van der Waals surface area contributed by atoms with Crippen LogP contribution in [0.3, 0.4) is 0 Å². The largest absolute Gasteiger partial charge is 0.357 e. The van der Waals surface area contributed by atoms with Crippen LogP contribution in [-0.4, -0.2) is 46.8 Å². The number of hydrogen-bond donors (Lipinski definition) is 1. The maximum Gasteiger partial charge on any atom is 0.193 e. The van der Waals surface area contributed by atoms with Gasteiger partial charge in [-0.05, 0) is 37.3 Å². The van der Waals surface area contributed by atoms with Gasteiger partial charge in [0.1, 0.15) is 0 Å². The fourth-order valence-electron chi connectivity index (χ4n) is 3.44. The van der Waals surface area contributed by atoms with Gasteiger partial charge in [0.15, 0.2) is 5.96 Å². The topological polar surface area (TPSA) is 45.5 Å². The lowest BCUT2D eigenvalue weighted by Gasteiger charge is -2.21. The number of benzene rings is 1. The Morgan fingerprint density at radius 1 is 1.32 bits per heavy atom. The maximum absolute atomic E-state index is 4.85. The molecule has 0 bridgehead atoms. The summed E-state index contributed by atoms with van der Waals surface area (Å²) in [5.41, 5.74) is 2.73. The number of aliphatic imine (C=N–C) groups is 1. The first kappa shape index (κ1) is 17.5. The number of guanidine groups is 1. The van der Waals surface area contributed by atoms with Gasteiger partial charge < -0.3 is 10.2 Å². The Morgan fingerprint density at radius 3 is 2.88 bits per heavy atom. The van der Waals surface area contributed by atoms with Crippen LogP contribution in [0.15, 0.2) is 47.7 Å². The average molecular weight is 339 g/mol. The number of likely N-dealkylation sites (tertiary alicyclic amines) is 1. The van der Waals surface area contributed by atoms with E-state index in [1.165, 1.54) is 17.5 Å². The Labute approximate surface area is 150 Å². The lowest BCUT2D eigenvalue weighted by Crippen LogP contribution is -2.40. The summed E-state index contributed by atoms with van der Waals surface area (Å²) >= 11 is 0. The van der Waals surface area contributed by atoms with E-state index in [0.717, 1.165) is 45.0 Å². The highest BCUT2D eigenvalue weighted by molar-refractivity contribution is 5.80. The molecule has 1 aliphatic heterocycles. The molecule has 1 unspecified atom stereocenters. The van der Waals surface area contributed by atoms with Gasteiger partial charge in [0, 0.05) is 45.3 Å². The molecule has 1 saturated heterocycles. The summed E-state index contributed by atoms with van der Waals surface area (Å²) < 4.78 is 1.86. The van der Waals surface area contributed by atoms with Crippen molar-refractivity contribution in [1.82, 2.24) is 20.0 Å². The Morgan fingerprint density at radius 2 is 2.16 bits per heavy atom. The standard InChI is InChI=1S/C20H29N5/c1-3-21-20(22-12-7-8-17-14-23-24(2)15-17)25-13-11-19(16-25)18-9-5-4-6-10-18/h4-6,9-10,14-15,19H,3,7-8,11-13,16H2,1-2H3,(H,21,22). The summed E-state index contributed by atoms with van der Waals surface area (Å²) in [5.74, 6) is 1.67. The highest BCUT2D eigenvalue weighted by Crippen LogP contribution is 2.26. The zero-order chi connectivity index (χ0) is 17.5. The Kier molecular flexibility index (Phi) is 6.09. The quantitative estimate of drug-likeness (QED) is 0.500. The fraction of sp³-hybridized carbons (Fsp3) is 0.500. The predicted octanol–water partition coefficient (Wildman–Crippen LogP) is 2.81. The minimum Gasteiger partial charge on any atom is -0.357 e. The molecule has 5 nitrogen and oxygen atoms in total. The second-order valence-corrected chi connectivity index (χ2v) is 6.70. The zero-order valence-electron chi connectivity index (χ0n) is 15.4. The van der Waals surface area contributed by atoms with E-state index in [1.807, 2.05) is 17.9 Å². The number of nitrogens with zero attached hydrogens (tertiary/aromatic N) is 4. The van der Waals surface area contributed by atoms with Crippen LogP contribution in [0, 0.1) is 0 Å². The second-order valence-electron chi connectivity index (χ2n) is 6.70. The van der Waals surface area contributed by atoms with E-state index in [-0.39, 0.29) is 0 Å². The molecule has 2 aromatic rings. The summed E-state index contributed by atoms with van der Waals surface area (Å²) in [4.78, 5) is 7.26. The number of rotatable bonds is 6. The van der Waals surface area contributed by atoms with Crippen LogP contribution in [0.2, 0.25) is 0 Å². The zero-order valence-corrected chi connectivity index (χ0v) is 15.4. The highest BCUT2D eigenvalue weighted by Gasteiger charge is 2.25. The maximum atomic E-state index is 4.85. The van der Waals surface area contributed by atoms with Crippen molar-refractivity contribution in [3.8, 4) is 0 Å². The molecule has 2 heterocycles. The average Bonchev–Trinajstić information content (AvgIpc) is 3.28. The summed E-state index contributed by atoms with van der Waals surface area (Å²) in [6.45, 7) is 6.03. The van der Waals surface area contributed by atoms with Gasteiger partial charge in [0.2, 0.25) is 0 Å². The summed E-state index contributed by atoms with van der Waals surface area (Å²) in [5, 5.41) is 7.68. The first-order chi connectivity index (χ1) is 12.3. The van der Waals surface area contributed by atoms with E-state index in [4.69, 9.17) is 4.99 Å². The molecule has 1 aliphatic rings. The van der Waals surface area contributed by atoms with E-state index >= 15 is 0 Å². The molecule has 1 fully saturated rings. The highest BCUT2D eigenvalue weighted by atomic mass is 15.3. The van der Waals surface area contributed by atoms with E-state index in [9.17, 15) is 0 Å². The van der Waals surface area contributed by atoms with Crippen molar-refractivity contribution in [2.75, 3.05) is 26.2 Å². The molecular formula is C20H29N5. The van der Waals surface area contributed by atoms with Crippen molar-refractivity contribution >= 4 is 5.96 Å². The van der Waals surface area contributed by atoms with Crippen molar-refractivity contribution in [1.29, 1.82) is 0 Å². The molecule has 25 heavy (non-hydrogen) atoms. The number of aryl methyl sites for hydroxylation is 2. The van der Waals surface area contributed by atoms with E-state index in [1.54, 1.807) is 0 Å². The lowest BCUT2D eigenvalue weighted by molar-refractivity contribution is 0.485. The van der Waals surface area contributed by atoms with Crippen molar-refractivity contribution in [2.24, 2.45) is 12.0 Å². The first-order valence-electron chi connectivity index (χ1n) is 9.32. The van der Waals surface area contributed by atoms with Crippen LogP contribution in [0.4, 0.5) is 0 Å². The molecule has 0 saturated carbocycles. The van der Waals surface area contributed by atoms with Gasteiger partial charge in [-0.25, -0.2) is 0 Å². The minimum absolute atomic E-state index is 0.612. The SMILES string of the molecule is CCNC(=NCCCc1cnn(C)c1)N1CCC(c2ccccc2)C1. The van der Waals surface area contributed by atoms with Crippen molar-refractivity contribution in [3.05, 3.63) is 53.9 Å². The Balaban J connectivity index is 1.53. The molecular weight excluding hydrogens is 310 g/mol. The van der Waals surface area contributed by atoms with Crippen LogP contribution in [0.5, 0.6) is 0 Å². The number of nitrogens with one attached hydrogen (secondary N) is 1. The summed E-state index contributed by atoms with van der Waals surface area (Å²) in [7, 11) is 1.96. The van der Waals surface area contributed by atoms with Crippen molar-refractivity contribution in [3.63, 3.8) is 0 Å². The van der Waals surface area contributed by atoms with Gasteiger partial charge in [-0.3, -0.25) is 9.67 Å². The summed E-state index contributed by atoms with van der Waals surface area (Å²) in [6, 6.07) is 10.8. The van der Waals surface area contributed by atoms with Crippen LogP contribution in [-0.2, 0) is 13.5 Å². The van der Waals surface area contributed by atoms with E-state index in [2.05, 4.69) is 58.8 Å². The van der Waals surface area contributed by atoms with Gasteiger partial charge in [-0.2, -0.15) is 5.10 Å². The molecule has 0 aliphatic carbocycles. The Bertz CT molecular complexity index is 676. The summed E-state index contributed by atoms with van der Waals surface area (Å²) in [6.07, 6.45) is 7.31. The molecule has 1 aromatic heterocycles. The van der Waals surface area contributed by atoms with Crippen LogP contribution < -0.4 is 5.32 Å². The van der Waals surface area contributed by atoms with Gasteiger partial charge in [0.25, 0.3) is 0 Å². The van der Waals surface area contributed by atoms with Crippen LogP contribution >= 0.6 is 0 Å². The molecule has 5 heteroatoms. The third kappa shape index (κ3) is 4.84. The first-order valence-corrected chi connectivity index (χ1v) is 9.32. The van der Waals surface area contributed by atoms with Gasteiger partial charge in [-0.1, -0.05) is 30.3 Å². The predicted molar refractivity (Wildman–Crippen MR) is 103 cm³/mol. The molecule has 0 spiro atoms. The lowest BCUT2D eigenvalue weighted by atomic mass is 9.99. The van der Waals surface area contributed by atoms with Gasteiger partial charge in [0.05, 0.1) is 6.20 Å². The van der Waals surface area contributed by atoms with Gasteiger partial charge >= 0.3 is 0 Å². The van der Waals surface area contributed by atoms with Crippen LogP contribution in [0.25, 0.3) is 0 Å². The molecule has 134 valence electrons. The normalized spacial score (nSPS) is 17.9. The minimum atomic E-state index is 0.612. The molecule has 1 atom stereocenters.